The molecule has 0 aliphatic heterocycles. The summed E-state index contributed by atoms with van der Waals surface area (Å²) in [5.74, 6) is -0.0177. The number of hydrogen-bond donors (Lipinski definition) is 2. The van der Waals surface area contributed by atoms with Gasteiger partial charge in [0.2, 0.25) is 0 Å². The first-order valence-electron chi connectivity index (χ1n) is 7.47. The van der Waals surface area contributed by atoms with E-state index < -0.39 is 0 Å². The number of fused-ring (bicyclic) bond motifs is 1. The molecule has 0 bridgehead atoms. The molecule has 1 amide bonds. The van der Waals surface area contributed by atoms with Gasteiger partial charge < -0.3 is 10.3 Å². The summed E-state index contributed by atoms with van der Waals surface area (Å²) in [5, 5.41) is 6.29. The van der Waals surface area contributed by atoms with Gasteiger partial charge >= 0.3 is 0 Å². The van der Waals surface area contributed by atoms with Crippen LogP contribution in [0.25, 0.3) is 10.9 Å². The van der Waals surface area contributed by atoms with Gasteiger partial charge in [0.15, 0.2) is 0 Å². The number of aromatic amines is 1. The lowest BCUT2D eigenvalue weighted by Gasteiger charge is -2.13. The van der Waals surface area contributed by atoms with Crippen LogP contribution in [0, 0.1) is 13.8 Å². The zero-order valence-electron chi connectivity index (χ0n) is 13.1. The highest BCUT2D eigenvalue weighted by Crippen LogP contribution is 2.24. The molecule has 0 unspecified atom stereocenters. The van der Waals surface area contributed by atoms with Gasteiger partial charge in [-0.1, -0.05) is 18.2 Å². The number of aromatic nitrogens is 1. The van der Waals surface area contributed by atoms with Crippen molar-refractivity contribution < 1.29 is 4.79 Å². The number of carbonyl (C=O) groups excluding carboxylic acids is 1. The first-order chi connectivity index (χ1) is 10.6. The van der Waals surface area contributed by atoms with Crippen LogP contribution in [0.3, 0.4) is 0 Å². The SMILES string of the molecule is Cc1[nH]c2c(C(=O)N[C@@H](C)Cc3cccs3)cccc2c1C. The van der Waals surface area contributed by atoms with Crippen LogP contribution in [0.15, 0.2) is 35.7 Å². The Morgan fingerprint density at radius 3 is 2.82 bits per heavy atom. The highest BCUT2D eigenvalue weighted by molar-refractivity contribution is 7.09. The van der Waals surface area contributed by atoms with Crippen LogP contribution in [-0.2, 0) is 6.42 Å². The number of para-hydroxylation sites is 1. The van der Waals surface area contributed by atoms with E-state index in [1.807, 2.05) is 32.0 Å². The first kappa shape index (κ1) is 14.9. The summed E-state index contributed by atoms with van der Waals surface area (Å²) in [7, 11) is 0. The summed E-state index contributed by atoms with van der Waals surface area (Å²) in [4.78, 5) is 17.2. The van der Waals surface area contributed by atoms with Gasteiger partial charge in [-0.2, -0.15) is 0 Å². The second-order valence-corrected chi connectivity index (χ2v) is 6.79. The maximum absolute atomic E-state index is 12.6. The summed E-state index contributed by atoms with van der Waals surface area (Å²) in [6.07, 6.45) is 0.863. The summed E-state index contributed by atoms with van der Waals surface area (Å²) < 4.78 is 0. The molecule has 0 saturated carbocycles. The lowest BCUT2D eigenvalue weighted by atomic mass is 10.1. The number of benzene rings is 1. The predicted octanol–water partition coefficient (Wildman–Crippen LogP) is 4.21. The Labute approximate surface area is 134 Å². The fourth-order valence-corrected chi connectivity index (χ4v) is 3.59. The second kappa shape index (κ2) is 5.97. The van der Waals surface area contributed by atoms with Gasteiger partial charge in [0.1, 0.15) is 0 Å². The Kier molecular flexibility index (Phi) is 4.03. The van der Waals surface area contributed by atoms with Crippen molar-refractivity contribution in [1.82, 2.24) is 10.3 Å². The van der Waals surface area contributed by atoms with Crippen molar-refractivity contribution in [2.75, 3.05) is 0 Å². The molecular weight excluding hydrogens is 292 g/mol. The monoisotopic (exact) mass is 312 g/mol. The van der Waals surface area contributed by atoms with E-state index in [0.29, 0.717) is 5.56 Å². The van der Waals surface area contributed by atoms with Crippen LogP contribution in [-0.4, -0.2) is 16.9 Å². The average Bonchev–Trinajstić information content (AvgIpc) is 3.08. The largest absolute Gasteiger partial charge is 0.358 e. The molecule has 2 N–H and O–H groups in total. The summed E-state index contributed by atoms with van der Waals surface area (Å²) in [5.41, 5.74) is 3.96. The van der Waals surface area contributed by atoms with E-state index in [0.717, 1.165) is 23.0 Å². The van der Waals surface area contributed by atoms with Gasteiger partial charge in [-0.25, -0.2) is 0 Å². The average molecular weight is 312 g/mol. The number of amides is 1. The number of nitrogens with one attached hydrogen (secondary N) is 2. The number of hydrogen-bond acceptors (Lipinski definition) is 2. The number of H-pyrrole nitrogens is 1. The molecule has 3 rings (SSSR count). The smallest absolute Gasteiger partial charge is 0.253 e. The maximum atomic E-state index is 12.6. The Morgan fingerprint density at radius 1 is 1.27 bits per heavy atom. The van der Waals surface area contributed by atoms with Gasteiger partial charge in [0, 0.05) is 28.4 Å². The van der Waals surface area contributed by atoms with Crippen LogP contribution >= 0.6 is 11.3 Å². The maximum Gasteiger partial charge on any atom is 0.253 e. The minimum absolute atomic E-state index is 0.0177. The standard InChI is InChI=1S/C18H20N2OS/c1-11(10-14-6-5-9-22-14)19-18(21)16-8-4-7-15-12(2)13(3)20-17(15)16/h4-9,11,20H,10H2,1-3H3,(H,19,21)/t11-/m0/s1. The van der Waals surface area contributed by atoms with Crippen molar-refractivity contribution in [2.45, 2.75) is 33.2 Å². The number of rotatable bonds is 4. The van der Waals surface area contributed by atoms with Gasteiger partial charge in [0.25, 0.3) is 5.91 Å². The van der Waals surface area contributed by atoms with E-state index in [1.54, 1.807) is 11.3 Å². The molecule has 114 valence electrons. The molecule has 1 aromatic carbocycles. The highest BCUT2D eigenvalue weighted by Gasteiger charge is 2.16. The van der Waals surface area contributed by atoms with E-state index in [-0.39, 0.29) is 11.9 Å². The molecular formula is C18H20N2OS. The molecule has 0 fully saturated rings. The Balaban J connectivity index is 1.82. The van der Waals surface area contributed by atoms with Gasteiger partial charge in [-0.3, -0.25) is 4.79 Å². The third-order valence-electron chi connectivity index (χ3n) is 4.05. The molecule has 0 aliphatic carbocycles. The number of carbonyl (C=O) groups is 1. The molecule has 0 spiro atoms. The molecule has 0 aliphatic rings. The van der Waals surface area contributed by atoms with E-state index in [9.17, 15) is 4.79 Å². The fraction of sp³-hybridized carbons (Fsp3) is 0.278. The molecule has 0 radical (unpaired) electrons. The summed E-state index contributed by atoms with van der Waals surface area (Å²) >= 11 is 1.72. The van der Waals surface area contributed by atoms with E-state index >= 15 is 0 Å². The molecule has 2 heterocycles. The van der Waals surface area contributed by atoms with E-state index in [2.05, 4.69) is 34.7 Å². The Morgan fingerprint density at radius 2 is 2.09 bits per heavy atom. The zero-order chi connectivity index (χ0) is 15.7. The van der Waals surface area contributed by atoms with Crippen LogP contribution in [0.1, 0.15) is 33.4 Å². The van der Waals surface area contributed by atoms with Gasteiger partial charge in [-0.05, 0) is 43.8 Å². The van der Waals surface area contributed by atoms with Crippen molar-refractivity contribution in [3.8, 4) is 0 Å². The first-order valence-corrected chi connectivity index (χ1v) is 8.35. The third kappa shape index (κ3) is 2.79. The van der Waals surface area contributed by atoms with Crippen LogP contribution in [0.4, 0.5) is 0 Å². The van der Waals surface area contributed by atoms with Crippen LogP contribution in [0.2, 0.25) is 0 Å². The lowest BCUT2D eigenvalue weighted by Crippen LogP contribution is -2.34. The highest BCUT2D eigenvalue weighted by atomic mass is 32.1. The Bertz CT molecular complexity index is 802. The molecule has 2 aromatic heterocycles. The fourth-order valence-electron chi connectivity index (χ4n) is 2.76. The van der Waals surface area contributed by atoms with Crippen molar-refractivity contribution >= 4 is 28.1 Å². The topological polar surface area (TPSA) is 44.9 Å². The van der Waals surface area contributed by atoms with Crippen LogP contribution in [0.5, 0.6) is 0 Å². The summed E-state index contributed by atoms with van der Waals surface area (Å²) in [6.45, 7) is 6.16. The number of thiophene rings is 1. The van der Waals surface area contributed by atoms with Crippen molar-refractivity contribution in [3.05, 3.63) is 57.4 Å². The molecule has 4 heteroatoms. The summed E-state index contributed by atoms with van der Waals surface area (Å²) in [6, 6.07) is 10.1. The van der Waals surface area contributed by atoms with Crippen molar-refractivity contribution in [2.24, 2.45) is 0 Å². The van der Waals surface area contributed by atoms with Crippen molar-refractivity contribution in [1.29, 1.82) is 0 Å². The normalized spacial score (nSPS) is 12.5. The van der Waals surface area contributed by atoms with Crippen molar-refractivity contribution in [3.63, 3.8) is 0 Å². The molecule has 22 heavy (non-hydrogen) atoms. The Hall–Kier alpha value is -2.07. The second-order valence-electron chi connectivity index (χ2n) is 5.76. The quantitative estimate of drug-likeness (QED) is 0.745. The van der Waals surface area contributed by atoms with E-state index in [1.165, 1.54) is 10.4 Å². The minimum Gasteiger partial charge on any atom is -0.358 e. The predicted molar refractivity (Wildman–Crippen MR) is 92.7 cm³/mol. The number of aryl methyl sites for hydroxylation is 2. The molecule has 3 aromatic rings. The third-order valence-corrected chi connectivity index (χ3v) is 4.95. The van der Waals surface area contributed by atoms with Gasteiger partial charge in [0.05, 0.1) is 11.1 Å². The molecule has 0 saturated heterocycles. The van der Waals surface area contributed by atoms with Crippen LogP contribution < -0.4 is 5.32 Å². The molecule has 1 atom stereocenters. The zero-order valence-corrected chi connectivity index (χ0v) is 13.9. The van der Waals surface area contributed by atoms with E-state index in [4.69, 9.17) is 0 Å². The lowest BCUT2D eigenvalue weighted by molar-refractivity contribution is 0.0942. The van der Waals surface area contributed by atoms with Gasteiger partial charge in [-0.15, -0.1) is 11.3 Å². The minimum atomic E-state index is -0.0177. The molecule has 3 nitrogen and oxygen atoms in total.